The van der Waals surface area contributed by atoms with E-state index in [4.69, 9.17) is 4.98 Å². The molecule has 0 atom stereocenters. The smallest absolute Gasteiger partial charge is 0.242 e. The molecule has 0 bridgehead atoms. The molecule has 29 heavy (non-hydrogen) atoms. The van der Waals surface area contributed by atoms with Crippen molar-refractivity contribution in [3.05, 3.63) is 36.0 Å². The maximum Gasteiger partial charge on any atom is 0.242 e. The third-order valence-corrected chi connectivity index (χ3v) is 8.26. The fraction of sp³-hybridized carbons (Fsp3) is 0.316. The highest BCUT2D eigenvalue weighted by molar-refractivity contribution is 7.99. The molecule has 0 aliphatic heterocycles. The molecule has 1 aromatic carbocycles. The van der Waals surface area contributed by atoms with E-state index in [1.807, 2.05) is 17.5 Å². The van der Waals surface area contributed by atoms with Crippen molar-refractivity contribution in [1.29, 1.82) is 0 Å². The maximum absolute atomic E-state index is 12.5. The van der Waals surface area contributed by atoms with E-state index in [1.165, 1.54) is 30.2 Å². The molecule has 0 saturated carbocycles. The van der Waals surface area contributed by atoms with Crippen molar-refractivity contribution in [3.63, 3.8) is 0 Å². The second kappa shape index (κ2) is 8.02. The molecule has 7 nitrogen and oxygen atoms in total. The van der Waals surface area contributed by atoms with Crippen LogP contribution in [-0.4, -0.2) is 46.3 Å². The Hall–Kier alpha value is -2.01. The Morgan fingerprint density at radius 1 is 1.21 bits per heavy atom. The molecule has 0 N–H and O–H groups in total. The average molecular weight is 448 g/mol. The number of imidazole rings is 1. The molecular formula is C19H21N5O2S3. The van der Waals surface area contributed by atoms with Gasteiger partial charge >= 0.3 is 0 Å². The number of unbranched alkanes of at least 4 members (excludes halogenated alkanes) is 1. The summed E-state index contributed by atoms with van der Waals surface area (Å²) < 4.78 is 28.4. The van der Waals surface area contributed by atoms with E-state index >= 15 is 0 Å². The van der Waals surface area contributed by atoms with Gasteiger partial charge in [-0.05, 0) is 47.8 Å². The highest BCUT2D eigenvalue weighted by atomic mass is 32.2. The summed E-state index contributed by atoms with van der Waals surface area (Å²) >= 11 is 3.07. The molecule has 3 heterocycles. The number of benzene rings is 1. The van der Waals surface area contributed by atoms with Crippen molar-refractivity contribution in [1.82, 2.24) is 23.8 Å². The summed E-state index contributed by atoms with van der Waals surface area (Å²) in [6.07, 6.45) is 3.63. The van der Waals surface area contributed by atoms with Gasteiger partial charge in [0.2, 0.25) is 10.0 Å². The predicted octanol–water partition coefficient (Wildman–Crippen LogP) is 4.24. The molecule has 0 unspecified atom stereocenters. The van der Waals surface area contributed by atoms with Crippen LogP contribution in [-0.2, 0) is 16.6 Å². The molecule has 4 rings (SSSR count). The van der Waals surface area contributed by atoms with Gasteiger partial charge in [-0.15, -0.1) is 11.3 Å². The number of rotatable bonds is 7. The third kappa shape index (κ3) is 3.77. The highest BCUT2D eigenvalue weighted by Gasteiger charge is 2.20. The maximum atomic E-state index is 12.5. The van der Waals surface area contributed by atoms with Gasteiger partial charge in [0.05, 0.1) is 15.9 Å². The fourth-order valence-electron chi connectivity index (χ4n) is 3.00. The molecule has 10 heteroatoms. The van der Waals surface area contributed by atoms with Crippen molar-refractivity contribution < 1.29 is 8.42 Å². The number of hydrogen-bond acceptors (Lipinski definition) is 7. The lowest BCUT2D eigenvalue weighted by Crippen LogP contribution is -2.22. The first kappa shape index (κ1) is 20.3. The molecular weight excluding hydrogens is 426 g/mol. The fourth-order valence-corrected chi connectivity index (χ4v) is 5.71. The first-order chi connectivity index (χ1) is 13.9. The Kier molecular flexibility index (Phi) is 5.60. The molecule has 152 valence electrons. The minimum atomic E-state index is -3.51. The zero-order valence-corrected chi connectivity index (χ0v) is 18.8. The van der Waals surface area contributed by atoms with Gasteiger partial charge in [0.15, 0.2) is 5.16 Å². The van der Waals surface area contributed by atoms with E-state index < -0.39 is 10.0 Å². The van der Waals surface area contributed by atoms with E-state index in [0.717, 1.165) is 45.3 Å². The first-order valence-electron chi connectivity index (χ1n) is 9.20. The Balaban J connectivity index is 1.82. The van der Waals surface area contributed by atoms with Gasteiger partial charge in [-0.3, -0.25) is 0 Å². The number of fused-ring (bicyclic) bond motifs is 2. The summed E-state index contributed by atoms with van der Waals surface area (Å²) in [5, 5.41) is 4.67. The van der Waals surface area contributed by atoms with Crippen LogP contribution < -0.4 is 0 Å². The summed E-state index contributed by atoms with van der Waals surface area (Å²) in [5.41, 5.74) is 1.59. The van der Waals surface area contributed by atoms with Gasteiger partial charge < -0.3 is 4.57 Å². The van der Waals surface area contributed by atoms with E-state index in [2.05, 4.69) is 21.5 Å². The molecule has 0 aliphatic rings. The second-order valence-electron chi connectivity index (χ2n) is 6.76. The molecule has 0 amide bonds. The van der Waals surface area contributed by atoms with Crippen LogP contribution in [0, 0.1) is 0 Å². The van der Waals surface area contributed by atoms with Crippen molar-refractivity contribution in [2.24, 2.45) is 0 Å². The predicted molar refractivity (Wildman–Crippen MR) is 117 cm³/mol. The van der Waals surface area contributed by atoms with Gasteiger partial charge in [-0.1, -0.05) is 13.3 Å². The van der Waals surface area contributed by atoms with Crippen LogP contribution in [0.25, 0.3) is 21.3 Å². The summed E-state index contributed by atoms with van der Waals surface area (Å²) in [5.74, 6) is 0. The minimum absolute atomic E-state index is 0.244. The van der Waals surface area contributed by atoms with Crippen LogP contribution >= 0.6 is 23.1 Å². The van der Waals surface area contributed by atoms with Crippen LogP contribution in [0.15, 0.2) is 51.1 Å². The van der Waals surface area contributed by atoms with E-state index in [0.29, 0.717) is 5.52 Å². The monoisotopic (exact) mass is 447 g/mol. The van der Waals surface area contributed by atoms with Crippen molar-refractivity contribution in [2.45, 2.75) is 41.4 Å². The molecule has 0 radical (unpaired) electrons. The minimum Gasteiger partial charge on any atom is -0.319 e. The lowest BCUT2D eigenvalue weighted by atomic mass is 10.3. The van der Waals surface area contributed by atoms with Crippen LogP contribution in [0.4, 0.5) is 0 Å². The van der Waals surface area contributed by atoms with Gasteiger partial charge in [0.1, 0.15) is 16.2 Å². The van der Waals surface area contributed by atoms with Crippen molar-refractivity contribution in [3.8, 4) is 0 Å². The van der Waals surface area contributed by atoms with E-state index in [-0.39, 0.29) is 4.90 Å². The summed E-state index contributed by atoms with van der Waals surface area (Å²) in [6, 6.07) is 7.16. The molecule has 0 spiro atoms. The van der Waals surface area contributed by atoms with Crippen LogP contribution in [0.1, 0.15) is 19.8 Å². The summed E-state index contributed by atoms with van der Waals surface area (Å²) in [6.45, 7) is 2.96. The quantitative estimate of drug-likeness (QED) is 0.394. The summed E-state index contributed by atoms with van der Waals surface area (Å²) in [4.78, 5) is 14.7. The molecule has 0 aliphatic carbocycles. The van der Waals surface area contributed by atoms with Crippen LogP contribution in [0.5, 0.6) is 0 Å². The largest absolute Gasteiger partial charge is 0.319 e. The van der Waals surface area contributed by atoms with E-state index in [9.17, 15) is 8.42 Å². The lowest BCUT2D eigenvalue weighted by Gasteiger charge is -2.11. The number of hydrogen-bond donors (Lipinski definition) is 0. The average Bonchev–Trinajstić information content (AvgIpc) is 3.30. The number of aryl methyl sites for hydroxylation is 1. The number of aromatic nitrogens is 4. The van der Waals surface area contributed by atoms with Crippen LogP contribution in [0.3, 0.4) is 0 Å². The lowest BCUT2D eigenvalue weighted by molar-refractivity contribution is 0.521. The van der Waals surface area contributed by atoms with Crippen LogP contribution in [0.2, 0.25) is 0 Å². The molecule has 4 aromatic rings. The standard InChI is InChI=1S/C19H21N5O2S3/c1-4-5-9-24-16-7-6-13(29(25,26)23(2)3)11-15(16)22-19(24)28-18-14-8-10-27-17(14)20-12-21-18/h6-8,10-12H,4-5,9H2,1-3H3. The summed E-state index contributed by atoms with van der Waals surface area (Å²) in [7, 11) is -0.452. The number of nitrogens with zero attached hydrogens (tertiary/aromatic N) is 5. The Labute approximate surface area is 177 Å². The Bertz CT molecular complexity index is 1280. The second-order valence-corrected chi connectivity index (χ2v) is 10.8. The van der Waals surface area contributed by atoms with Gasteiger partial charge in [0, 0.05) is 26.0 Å². The number of sulfonamides is 1. The number of thiophene rings is 1. The molecule has 0 fully saturated rings. The Morgan fingerprint density at radius 2 is 2.03 bits per heavy atom. The first-order valence-corrected chi connectivity index (χ1v) is 12.3. The van der Waals surface area contributed by atoms with Gasteiger partial charge in [0.25, 0.3) is 0 Å². The normalized spacial score (nSPS) is 12.4. The van der Waals surface area contributed by atoms with Crippen molar-refractivity contribution >= 4 is 54.4 Å². The third-order valence-electron chi connectivity index (χ3n) is 4.61. The Morgan fingerprint density at radius 3 is 2.79 bits per heavy atom. The molecule has 0 saturated heterocycles. The zero-order chi connectivity index (χ0) is 20.6. The SMILES string of the molecule is CCCCn1c(Sc2ncnc3sccc23)nc2cc(S(=O)(=O)N(C)C)ccc21. The highest BCUT2D eigenvalue weighted by Crippen LogP contribution is 2.35. The van der Waals surface area contributed by atoms with Gasteiger partial charge in [-0.2, -0.15) is 0 Å². The van der Waals surface area contributed by atoms with Gasteiger partial charge in [-0.25, -0.2) is 27.7 Å². The van der Waals surface area contributed by atoms with E-state index in [1.54, 1.807) is 29.8 Å². The van der Waals surface area contributed by atoms with Crippen molar-refractivity contribution in [2.75, 3.05) is 14.1 Å². The zero-order valence-electron chi connectivity index (χ0n) is 16.4. The molecule has 3 aromatic heterocycles. The topological polar surface area (TPSA) is 81.0 Å².